The number of hydrogen-bond donors (Lipinski definition) is 2. The first-order valence-corrected chi connectivity index (χ1v) is 6.07. The first-order chi connectivity index (χ1) is 8.54. The number of halogens is 3. The zero-order valence-electron chi connectivity index (χ0n) is 10.4. The van der Waals surface area contributed by atoms with Gasteiger partial charge in [0, 0.05) is 23.7 Å². The molecular formula is C13H17ClF2N2O. The number of nitrogens with one attached hydrogen (secondary N) is 1. The van der Waals surface area contributed by atoms with Crippen LogP contribution in [0.5, 0.6) is 0 Å². The van der Waals surface area contributed by atoms with Crippen LogP contribution in [0.4, 0.5) is 8.78 Å². The third-order valence-corrected chi connectivity index (χ3v) is 3.23. The van der Waals surface area contributed by atoms with Crippen molar-refractivity contribution in [2.45, 2.75) is 37.8 Å². The van der Waals surface area contributed by atoms with Crippen molar-refractivity contribution in [2.75, 3.05) is 0 Å². The molecule has 1 aliphatic carbocycles. The van der Waals surface area contributed by atoms with Gasteiger partial charge in [0.25, 0.3) is 5.91 Å². The van der Waals surface area contributed by atoms with Gasteiger partial charge in [-0.1, -0.05) is 0 Å². The molecule has 1 aliphatic rings. The zero-order valence-corrected chi connectivity index (χ0v) is 11.2. The monoisotopic (exact) mass is 290 g/mol. The molecule has 19 heavy (non-hydrogen) atoms. The lowest BCUT2D eigenvalue weighted by Gasteiger charge is -2.26. The van der Waals surface area contributed by atoms with Crippen LogP contribution in [-0.4, -0.2) is 18.0 Å². The van der Waals surface area contributed by atoms with Crippen LogP contribution in [0.1, 0.15) is 36.0 Å². The van der Waals surface area contributed by atoms with Gasteiger partial charge in [-0.25, -0.2) is 8.78 Å². The second kappa shape index (κ2) is 6.82. The molecule has 0 unspecified atom stereocenters. The highest BCUT2D eigenvalue weighted by atomic mass is 35.5. The molecule has 0 saturated heterocycles. The number of carbonyl (C=O) groups excluding carboxylic acids is 1. The van der Waals surface area contributed by atoms with Crippen LogP contribution in [0.25, 0.3) is 0 Å². The summed E-state index contributed by atoms with van der Waals surface area (Å²) in [5.74, 6) is -1.93. The fourth-order valence-corrected chi connectivity index (χ4v) is 2.22. The molecule has 1 aromatic rings. The van der Waals surface area contributed by atoms with Gasteiger partial charge in [-0.3, -0.25) is 4.79 Å². The van der Waals surface area contributed by atoms with E-state index >= 15 is 0 Å². The van der Waals surface area contributed by atoms with Crippen molar-refractivity contribution in [3.63, 3.8) is 0 Å². The Morgan fingerprint density at radius 3 is 2.16 bits per heavy atom. The average molecular weight is 291 g/mol. The molecular weight excluding hydrogens is 274 g/mol. The number of amides is 1. The summed E-state index contributed by atoms with van der Waals surface area (Å²) in [5, 5.41) is 2.78. The van der Waals surface area contributed by atoms with Crippen LogP contribution in [-0.2, 0) is 0 Å². The van der Waals surface area contributed by atoms with E-state index in [1.54, 1.807) is 0 Å². The molecule has 6 heteroatoms. The Morgan fingerprint density at radius 1 is 1.11 bits per heavy atom. The fourth-order valence-electron chi connectivity index (χ4n) is 2.22. The number of rotatable bonds is 2. The Kier molecular flexibility index (Phi) is 5.69. The maximum absolute atomic E-state index is 13.0. The van der Waals surface area contributed by atoms with Crippen molar-refractivity contribution in [3.05, 3.63) is 35.4 Å². The first-order valence-electron chi connectivity index (χ1n) is 6.07. The van der Waals surface area contributed by atoms with E-state index in [1.165, 1.54) is 0 Å². The van der Waals surface area contributed by atoms with Crippen LogP contribution < -0.4 is 11.1 Å². The normalized spacial score (nSPS) is 22.5. The standard InChI is InChI=1S/C13H16F2N2O.ClH/c14-9-5-8(6-10(15)7-9)13(18)17-12-3-1-11(16)2-4-12;/h5-7,11-12H,1-4,16H2,(H,17,18);1H. The summed E-state index contributed by atoms with van der Waals surface area (Å²) >= 11 is 0. The van der Waals surface area contributed by atoms with Crippen molar-refractivity contribution < 1.29 is 13.6 Å². The largest absolute Gasteiger partial charge is 0.349 e. The van der Waals surface area contributed by atoms with Crippen molar-refractivity contribution in [1.29, 1.82) is 0 Å². The maximum Gasteiger partial charge on any atom is 0.251 e. The van der Waals surface area contributed by atoms with Crippen LogP contribution in [0, 0.1) is 11.6 Å². The zero-order chi connectivity index (χ0) is 13.1. The summed E-state index contributed by atoms with van der Waals surface area (Å²) in [5.41, 5.74) is 5.78. The molecule has 0 radical (unpaired) electrons. The van der Waals surface area contributed by atoms with Crippen molar-refractivity contribution >= 4 is 18.3 Å². The first kappa shape index (κ1) is 15.9. The molecule has 0 heterocycles. The van der Waals surface area contributed by atoms with Crippen LogP contribution >= 0.6 is 12.4 Å². The van der Waals surface area contributed by atoms with Crippen molar-refractivity contribution in [1.82, 2.24) is 5.32 Å². The minimum Gasteiger partial charge on any atom is -0.349 e. The van der Waals surface area contributed by atoms with Gasteiger partial charge in [0.2, 0.25) is 0 Å². The topological polar surface area (TPSA) is 55.1 Å². The lowest BCUT2D eigenvalue weighted by Crippen LogP contribution is -2.40. The highest BCUT2D eigenvalue weighted by molar-refractivity contribution is 5.94. The smallest absolute Gasteiger partial charge is 0.251 e. The number of nitrogens with two attached hydrogens (primary N) is 1. The Hall–Kier alpha value is -1.20. The summed E-state index contributed by atoms with van der Waals surface area (Å²) in [7, 11) is 0. The van der Waals surface area contributed by atoms with E-state index < -0.39 is 17.5 Å². The van der Waals surface area contributed by atoms with E-state index in [0.717, 1.165) is 43.9 Å². The van der Waals surface area contributed by atoms with Crippen LogP contribution in [0.2, 0.25) is 0 Å². The molecule has 1 amide bonds. The molecule has 106 valence electrons. The van der Waals surface area contributed by atoms with Gasteiger partial charge >= 0.3 is 0 Å². The molecule has 2 rings (SSSR count). The van der Waals surface area contributed by atoms with Gasteiger partial charge in [-0.15, -0.1) is 12.4 Å². The summed E-state index contributed by atoms with van der Waals surface area (Å²) in [6, 6.07) is 3.06. The number of hydrogen-bond acceptors (Lipinski definition) is 2. The lowest BCUT2D eigenvalue weighted by molar-refractivity contribution is 0.0925. The fraction of sp³-hybridized carbons (Fsp3) is 0.462. The Balaban J connectivity index is 0.00000180. The predicted molar refractivity (Wildman–Crippen MR) is 71.3 cm³/mol. The molecule has 0 bridgehead atoms. The third kappa shape index (κ3) is 4.44. The third-order valence-electron chi connectivity index (χ3n) is 3.23. The molecule has 1 saturated carbocycles. The van der Waals surface area contributed by atoms with Gasteiger partial charge in [-0.05, 0) is 37.8 Å². The summed E-state index contributed by atoms with van der Waals surface area (Å²) in [6.45, 7) is 0. The maximum atomic E-state index is 13.0. The van der Waals surface area contributed by atoms with E-state index in [9.17, 15) is 13.6 Å². The highest BCUT2D eigenvalue weighted by Gasteiger charge is 2.20. The second-order valence-corrected chi connectivity index (χ2v) is 4.74. The van der Waals surface area contributed by atoms with E-state index in [0.29, 0.717) is 0 Å². The SMILES string of the molecule is Cl.NC1CCC(NC(=O)c2cc(F)cc(F)c2)CC1. The summed E-state index contributed by atoms with van der Waals surface area (Å²) in [4.78, 5) is 11.8. The molecule has 1 fully saturated rings. The molecule has 3 nitrogen and oxygen atoms in total. The Labute approximate surface area is 117 Å². The van der Waals surface area contributed by atoms with Gasteiger partial charge in [0.1, 0.15) is 11.6 Å². The Morgan fingerprint density at radius 2 is 1.63 bits per heavy atom. The lowest BCUT2D eigenvalue weighted by atomic mass is 9.91. The van der Waals surface area contributed by atoms with E-state index in [-0.39, 0.29) is 30.1 Å². The number of benzene rings is 1. The van der Waals surface area contributed by atoms with Gasteiger partial charge in [0.05, 0.1) is 0 Å². The van der Waals surface area contributed by atoms with Crippen molar-refractivity contribution in [3.8, 4) is 0 Å². The molecule has 3 N–H and O–H groups in total. The van der Waals surface area contributed by atoms with E-state index in [4.69, 9.17) is 5.73 Å². The molecule has 1 aromatic carbocycles. The summed E-state index contributed by atoms with van der Waals surface area (Å²) in [6.07, 6.45) is 3.35. The van der Waals surface area contributed by atoms with Gasteiger partial charge in [0.15, 0.2) is 0 Å². The second-order valence-electron chi connectivity index (χ2n) is 4.74. The van der Waals surface area contributed by atoms with E-state index in [1.807, 2.05) is 0 Å². The van der Waals surface area contributed by atoms with Gasteiger partial charge < -0.3 is 11.1 Å². The highest BCUT2D eigenvalue weighted by Crippen LogP contribution is 2.17. The summed E-state index contributed by atoms with van der Waals surface area (Å²) < 4.78 is 26.0. The van der Waals surface area contributed by atoms with Crippen LogP contribution in [0.3, 0.4) is 0 Å². The molecule has 0 spiro atoms. The predicted octanol–water partition coefficient (Wildman–Crippen LogP) is 2.39. The molecule has 0 atom stereocenters. The minimum atomic E-state index is -0.745. The quantitative estimate of drug-likeness (QED) is 0.879. The van der Waals surface area contributed by atoms with E-state index in [2.05, 4.69) is 5.32 Å². The van der Waals surface area contributed by atoms with Gasteiger partial charge in [-0.2, -0.15) is 0 Å². The Bertz CT molecular complexity index is 428. The average Bonchev–Trinajstić information content (AvgIpc) is 2.31. The number of carbonyl (C=O) groups is 1. The minimum absolute atomic E-state index is 0. The molecule has 0 aromatic heterocycles. The molecule has 0 aliphatic heterocycles. The van der Waals surface area contributed by atoms with Crippen molar-refractivity contribution in [2.24, 2.45) is 5.73 Å². The van der Waals surface area contributed by atoms with Crippen LogP contribution in [0.15, 0.2) is 18.2 Å².